The molecule has 7 heteroatoms. The second-order valence-electron chi connectivity index (χ2n) is 6.97. The highest BCUT2D eigenvalue weighted by Gasteiger charge is 2.31. The number of aryl methyl sites for hydroxylation is 1. The van der Waals surface area contributed by atoms with Crippen LogP contribution in [0.2, 0.25) is 0 Å². The first-order chi connectivity index (χ1) is 13.1. The number of benzene rings is 1. The van der Waals surface area contributed by atoms with E-state index >= 15 is 0 Å². The van der Waals surface area contributed by atoms with Crippen LogP contribution < -0.4 is 5.32 Å². The van der Waals surface area contributed by atoms with Gasteiger partial charge >= 0.3 is 0 Å². The largest absolute Gasteiger partial charge is 0.334 e. The molecule has 2 aromatic heterocycles. The van der Waals surface area contributed by atoms with Gasteiger partial charge in [-0.3, -0.25) is 9.69 Å². The molecule has 0 spiro atoms. The van der Waals surface area contributed by atoms with E-state index in [1.165, 1.54) is 0 Å². The zero-order valence-corrected chi connectivity index (χ0v) is 15.7. The second-order valence-corrected chi connectivity index (χ2v) is 6.97. The predicted octanol–water partition coefficient (Wildman–Crippen LogP) is 2.52. The molecule has 1 aliphatic rings. The fraction of sp³-hybridized carbons (Fsp3) is 0.350. The van der Waals surface area contributed by atoms with Gasteiger partial charge in [0.2, 0.25) is 5.91 Å². The molecule has 0 radical (unpaired) electrons. The van der Waals surface area contributed by atoms with Crippen molar-refractivity contribution >= 4 is 11.6 Å². The van der Waals surface area contributed by atoms with E-state index < -0.39 is 0 Å². The molecule has 1 aliphatic heterocycles. The standard InChI is InChI=1S/C20H24N6O/c1-15-21-13-18(24(15)2)14-25-10-4-8-19(25)20(27)23-16-6-3-7-17(12-16)26-11-5-9-22-26/h3,5-7,9,11-13,19H,4,8,10,14H2,1-2H3,(H,23,27)/t19-/m0/s1. The van der Waals surface area contributed by atoms with Gasteiger partial charge in [-0.15, -0.1) is 0 Å². The average molecular weight is 364 g/mol. The molecule has 1 fully saturated rings. The Morgan fingerprint density at radius 2 is 2.22 bits per heavy atom. The SMILES string of the molecule is Cc1ncc(CN2CCC[C@H]2C(=O)Nc2cccc(-n3cccn3)c2)n1C. The van der Waals surface area contributed by atoms with Gasteiger partial charge in [0.25, 0.3) is 0 Å². The number of hydrogen-bond acceptors (Lipinski definition) is 4. The zero-order chi connectivity index (χ0) is 18.8. The maximum Gasteiger partial charge on any atom is 0.241 e. The molecule has 27 heavy (non-hydrogen) atoms. The third-order valence-corrected chi connectivity index (χ3v) is 5.23. The number of imidazole rings is 1. The predicted molar refractivity (Wildman–Crippen MR) is 104 cm³/mol. The number of rotatable bonds is 5. The number of hydrogen-bond donors (Lipinski definition) is 1. The second kappa shape index (κ2) is 7.36. The number of carbonyl (C=O) groups excluding carboxylic acids is 1. The summed E-state index contributed by atoms with van der Waals surface area (Å²) in [5.41, 5.74) is 2.84. The van der Waals surface area contributed by atoms with Crippen molar-refractivity contribution in [2.75, 3.05) is 11.9 Å². The molecule has 7 nitrogen and oxygen atoms in total. The first-order valence-corrected chi connectivity index (χ1v) is 9.24. The molecule has 3 aromatic rings. The van der Waals surface area contributed by atoms with E-state index in [0.29, 0.717) is 0 Å². The van der Waals surface area contributed by atoms with Gasteiger partial charge in [-0.25, -0.2) is 9.67 Å². The summed E-state index contributed by atoms with van der Waals surface area (Å²) in [5.74, 6) is 1.03. The molecule has 4 rings (SSSR count). The molecule has 0 aliphatic carbocycles. The minimum atomic E-state index is -0.117. The normalized spacial score (nSPS) is 17.3. The van der Waals surface area contributed by atoms with Crippen molar-refractivity contribution in [1.82, 2.24) is 24.2 Å². The number of likely N-dealkylation sites (tertiary alicyclic amines) is 1. The number of amides is 1. The van der Waals surface area contributed by atoms with Crippen LogP contribution in [-0.2, 0) is 18.4 Å². The van der Waals surface area contributed by atoms with Gasteiger partial charge < -0.3 is 9.88 Å². The fourth-order valence-corrected chi connectivity index (χ4v) is 3.59. The number of nitrogens with zero attached hydrogens (tertiary/aromatic N) is 5. The highest BCUT2D eigenvalue weighted by Crippen LogP contribution is 2.22. The van der Waals surface area contributed by atoms with Crippen LogP contribution in [0.4, 0.5) is 5.69 Å². The van der Waals surface area contributed by atoms with E-state index in [0.717, 1.165) is 48.8 Å². The van der Waals surface area contributed by atoms with Crippen LogP contribution in [0.5, 0.6) is 0 Å². The third-order valence-electron chi connectivity index (χ3n) is 5.23. The lowest BCUT2D eigenvalue weighted by Crippen LogP contribution is -2.39. The number of aromatic nitrogens is 4. The van der Waals surface area contributed by atoms with Gasteiger partial charge in [0.15, 0.2) is 0 Å². The Morgan fingerprint density at radius 3 is 2.96 bits per heavy atom. The molecule has 140 valence electrons. The van der Waals surface area contributed by atoms with E-state index in [9.17, 15) is 4.79 Å². The van der Waals surface area contributed by atoms with Crippen LogP contribution in [0.25, 0.3) is 5.69 Å². The lowest BCUT2D eigenvalue weighted by molar-refractivity contribution is -0.120. The number of anilines is 1. The summed E-state index contributed by atoms with van der Waals surface area (Å²) in [5, 5.41) is 7.32. The van der Waals surface area contributed by atoms with E-state index in [4.69, 9.17) is 0 Å². The molecular weight excluding hydrogens is 340 g/mol. The van der Waals surface area contributed by atoms with E-state index in [-0.39, 0.29) is 11.9 Å². The Morgan fingerprint density at radius 1 is 1.33 bits per heavy atom. The van der Waals surface area contributed by atoms with Gasteiger partial charge in [-0.05, 0) is 50.6 Å². The van der Waals surface area contributed by atoms with Crippen molar-refractivity contribution in [1.29, 1.82) is 0 Å². The minimum Gasteiger partial charge on any atom is -0.334 e. The van der Waals surface area contributed by atoms with Crippen LogP contribution in [0.15, 0.2) is 48.9 Å². The lowest BCUT2D eigenvalue weighted by atomic mass is 10.2. The first-order valence-electron chi connectivity index (χ1n) is 9.24. The van der Waals surface area contributed by atoms with Gasteiger partial charge in [0.05, 0.1) is 17.4 Å². The van der Waals surface area contributed by atoms with Crippen molar-refractivity contribution in [3.05, 3.63) is 60.4 Å². The Balaban J connectivity index is 1.46. The topological polar surface area (TPSA) is 68.0 Å². The van der Waals surface area contributed by atoms with Crippen molar-refractivity contribution in [3.8, 4) is 5.69 Å². The Kier molecular flexibility index (Phi) is 4.77. The van der Waals surface area contributed by atoms with Crippen LogP contribution in [0.3, 0.4) is 0 Å². The van der Waals surface area contributed by atoms with Crippen LogP contribution in [-0.4, -0.2) is 42.7 Å². The van der Waals surface area contributed by atoms with Crippen molar-refractivity contribution in [2.24, 2.45) is 7.05 Å². The third kappa shape index (κ3) is 3.64. The Hall–Kier alpha value is -2.93. The molecule has 0 saturated carbocycles. The van der Waals surface area contributed by atoms with Crippen molar-refractivity contribution in [3.63, 3.8) is 0 Å². The summed E-state index contributed by atoms with van der Waals surface area (Å²) in [6.45, 7) is 3.66. The highest BCUT2D eigenvalue weighted by molar-refractivity contribution is 5.95. The molecule has 0 bridgehead atoms. The minimum absolute atomic E-state index is 0.0454. The quantitative estimate of drug-likeness (QED) is 0.755. The molecule has 1 N–H and O–H groups in total. The van der Waals surface area contributed by atoms with Gasteiger partial charge in [0, 0.05) is 37.9 Å². The van der Waals surface area contributed by atoms with Crippen LogP contribution in [0, 0.1) is 6.92 Å². The zero-order valence-electron chi connectivity index (χ0n) is 15.7. The summed E-state index contributed by atoms with van der Waals surface area (Å²) in [7, 11) is 2.02. The molecule has 1 saturated heterocycles. The van der Waals surface area contributed by atoms with Gasteiger partial charge in [-0.2, -0.15) is 5.10 Å². The van der Waals surface area contributed by atoms with Crippen LogP contribution >= 0.6 is 0 Å². The Labute approximate surface area is 158 Å². The Bertz CT molecular complexity index is 930. The smallest absolute Gasteiger partial charge is 0.241 e. The molecule has 3 heterocycles. The van der Waals surface area contributed by atoms with E-state index in [2.05, 4.69) is 24.9 Å². The highest BCUT2D eigenvalue weighted by atomic mass is 16.2. The number of nitrogens with one attached hydrogen (secondary N) is 1. The summed E-state index contributed by atoms with van der Waals surface area (Å²) in [4.78, 5) is 19.5. The first kappa shape index (κ1) is 17.5. The molecular formula is C20H24N6O. The summed E-state index contributed by atoms with van der Waals surface area (Å²) < 4.78 is 3.86. The average Bonchev–Trinajstić information content (AvgIpc) is 3.41. The van der Waals surface area contributed by atoms with E-state index in [1.807, 2.05) is 56.7 Å². The molecule has 1 amide bonds. The maximum absolute atomic E-state index is 12.9. The summed E-state index contributed by atoms with van der Waals surface area (Å²) >= 11 is 0. The molecule has 1 atom stereocenters. The summed E-state index contributed by atoms with van der Waals surface area (Å²) in [6.07, 6.45) is 7.43. The van der Waals surface area contributed by atoms with Gasteiger partial charge in [-0.1, -0.05) is 6.07 Å². The molecule has 1 aromatic carbocycles. The van der Waals surface area contributed by atoms with Crippen LogP contribution in [0.1, 0.15) is 24.4 Å². The fourth-order valence-electron chi connectivity index (χ4n) is 3.59. The maximum atomic E-state index is 12.9. The lowest BCUT2D eigenvalue weighted by Gasteiger charge is -2.24. The van der Waals surface area contributed by atoms with Gasteiger partial charge in [0.1, 0.15) is 5.82 Å². The number of carbonyl (C=O) groups is 1. The monoisotopic (exact) mass is 364 g/mol. The van der Waals surface area contributed by atoms with Crippen molar-refractivity contribution < 1.29 is 4.79 Å². The summed E-state index contributed by atoms with van der Waals surface area (Å²) in [6, 6.07) is 9.51. The molecule has 0 unspecified atom stereocenters. The van der Waals surface area contributed by atoms with E-state index in [1.54, 1.807) is 10.9 Å². The van der Waals surface area contributed by atoms with Crippen molar-refractivity contribution in [2.45, 2.75) is 32.4 Å².